The van der Waals surface area contributed by atoms with E-state index in [9.17, 15) is 22.8 Å². The van der Waals surface area contributed by atoms with Gasteiger partial charge in [-0.3, -0.25) is 0 Å². The van der Waals surface area contributed by atoms with Crippen molar-refractivity contribution in [1.29, 1.82) is 0 Å². The fraction of sp³-hybridized carbons (Fsp3) is 0.333. The third kappa shape index (κ3) is 2.75. The van der Waals surface area contributed by atoms with Crippen LogP contribution in [0, 0.1) is 11.6 Å². The minimum Gasteiger partial charge on any atom is -0.466 e. The lowest BCUT2D eigenvalue weighted by Crippen LogP contribution is -2.30. The summed E-state index contributed by atoms with van der Waals surface area (Å²) in [4.78, 5) is 24.6. The van der Waals surface area contributed by atoms with Crippen LogP contribution in [0.25, 0.3) is 0 Å². The number of alkyl halides is 1. The number of carbonyl (C=O) groups excluding carboxylic acids is 2. The van der Waals surface area contributed by atoms with Crippen molar-refractivity contribution < 1.29 is 33.7 Å². The number of cyclic esters (lactones) is 1. The smallest absolute Gasteiger partial charge is 0.337 e. The van der Waals surface area contributed by atoms with Gasteiger partial charge in [0.05, 0.1) is 29.9 Å². The highest BCUT2D eigenvalue weighted by molar-refractivity contribution is 6.01. The van der Waals surface area contributed by atoms with Gasteiger partial charge in [0.1, 0.15) is 24.4 Å². The van der Waals surface area contributed by atoms with Gasteiger partial charge in [0.2, 0.25) is 0 Å². The van der Waals surface area contributed by atoms with Gasteiger partial charge in [-0.2, -0.15) is 0 Å². The Kier molecular flexibility index (Phi) is 4.52. The zero-order valence-electron chi connectivity index (χ0n) is 14.3. The average molecular weight is 369 g/mol. The molecule has 0 fully saturated rings. The van der Waals surface area contributed by atoms with Gasteiger partial charge in [-0.15, -0.1) is 0 Å². The third-order valence-electron chi connectivity index (χ3n) is 4.45. The molecule has 2 aliphatic heterocycles. The largest absolute Gasteiger partial charge is 0.466 e. The van der Waals surface area contributed by atoms with Gasteiger partial charge in [-0.05, 0) is 25.5 Å². The number of halogens is 3. The molecule has 2 heterocycles. The second-order valence-corrected chi connectivity index (χ2v) is 6.06. The van der Waals surface area contributed by atoms with E-state index < -0.39 is 41.2 Å². The van der Waals surface area contributed by atoms with Crippen molar-refractivity contribution in [1.82, 2.24) is 5.32 Å². The second kappa shape index (κ2) is 6.51. The summed E-state index contributed by atoms with van der Waals surface area (Å²) in [5, 5.41) is 2.88. The maximum atomic E-state index is 14.3. The van der Waals surface area contributed by atoms with Crippen molar-refractivity contribution in [3.8, 4) is 0 Å². The minimum absolute atomic E-state index is 0. The summed E-state index contributed by atoms with van der Waals surface area (Å²) < 4.78 is 52.1. The first-order valence-electron chi connectivity index (χ1n) is 7.85. The maximum Gasteiger partial charge on any atom is 0.337 e. The fourth-order valence-electron chi connectivity index (χ4n) is 3.42. The third-order valence-corrected chi connectivity index (χ3v) is 4.45. The molecule has 8 heteroatoms. The lowest BCUT2D eigenvalue weighted by atomic mass is 9.78. The van der Waals surface area contributed by atoms with Gasteiger partial charge >= 0.3 is 11.9 Å². The van der Waals surface area contributed by atoms with Crippen molar-refractivity contribution in [3.63, 3.8) is 0 Å². The monoisotopic (exact) mass is 369 g/mol. The molecule has 2 atom stereocenters. The molecule has 1 aromatic rings. The van der Waals surface area contributed by atoms with Crippen molar-refractivity contribution in [2.24, 2.45) is 0 Å². The summed E-state index contributed by atoms with van der Waals surface area (Å²) in [6, 6.07) is 1.49. The Morgan fingerprint density at radius 1 is 1.42 bits per heavy atom. The molecular formula is C18H18F3NO4. The number of dihydropyridines is 1. The van der Waals surface area contributed by atoms with E-state index in [4.69, 9.17) is 9.47 Å². The van der Waals surface area contributed by atoms with Crippen LogP contribution in [-0.2, 0) is 19.1 Å². The summed E-state index contributed by atoms with van der Waals surface area (Å²) in [6.07, 6.45) is -1.79. The lowest BCUT2D eigenvalue weighted by Gasteiger charge is -2.29. The number of carbonyl (C=O) groups is 2. The SMILES string of the molecule is COC(=O)C1=C(C)NC2=C(C(=O)OC2)[C@@H]1c1cc(F)cc(F)c1[C@@H](C)F.[HH]. The van der Waals surface area contributed by atoms with Gasteiger partial charge in [0.25, 0.3) is 0 Å². The molecule has 0 saturated heterocycles. The van der Waals surface area contributed by atoms with Crippen LogP contribution in [0.1, 0.15) is 38.5 Å². The lowest BCUT2D eigenvalue weighted by molar-refractivity contribution is -0.136. The molecule has 1 aromatic carbocycles. The van der Waals surface area contributed by atoms with E-state index >= 15 is 0 Å². The van der Waals surface area contributed by atoms with Crippen molar-refractivity contribution in [2.75, 3.05) is 13.7 Å². The summed E-state index contributed by atoms with van der Waals surface area (Å²) >= 11 is 0. The molecule has 140 valence electrons. The van der Waals surface area contributed by atoms with Gasteiger partial charge in [0, 0.05) is 18.8 Å². The normalized spacial score (nSPS) is 20.5. The van der Waals surface area contributed by atoms with Crippen molar-refractivity contribution >= 4 is 11.9 Å². The van der Waals surface area contributed by atoms with Crippen LogP contribution in [0.3, 0.4) is 0 Å². The number of methoxy groups -OCH3 is 1. The first kappa shape index (κ1) is 18.0. The Morgan fingerprint density at radius 3 is 2.73 bits per heavy atom. The molecule has 5 nitrogen and oxygen atoms in total. The number of allylic oxidation sites excluding steroid dienone is 1. The van der Waals surface area contributed by atoms with E-state index in [0.717, 1.165) is 20.1 Å². The topological polar surface area (TPSA) is 64.6 Å². The van der Waals surface area contributed by atoms with E-state index in [1.54, 1.807) is 6.92 Å². The fourth-order valence-corrected chi connectivity index (χ4v) is 3.42. The Morgan fingerprint density at radius 2 is 2.12 bits per heavy atom. The molecule has 0 unspecified atom stereocenters. The molecule has 0 bridgehead atoms. The summed E-state index contributed by atoms with van der Waals surface area (Å²) in [7, 11) is 1.14. The van der Waals surface area contributed by atoms with E-state index in [0.29, 0.717) is 17.5 Å². The zero-order valence-corrected chi connectivity index (χ0v) is 14.3. The van der Waals surface area contributed by atoms with Crippen LogP contribution in [0.4, 0.5) is 13.2 Å². The predicted octanol–water partition coefficient (Wildman–Crippen LogP) is 3.19. The van der Waals surface area contributed by atoms with E-state index in [1.807, 2.05) is 0 Å². The molecule has 0 aromatic heterocycles. The van der Waals surface area contributed by atoms with Crippen molar-refractivity contribution in [3.05, 3.63) is 57.4 Å². The summed E-state index contributed by atoms with van der Waals surface area (Å²) in [5.74, 6) is -4.78. The van der Waals surface area contributed by atoms with Gasteiger partial charge in [-0.25, -0.2) is 22.8 Å². The molecular weight excluding hydrogens is 351 g/mol. The van der Waals surface area contributed by atoms with Crippen LogP contribution in [-0.4, -0.2) is 25.7 Å². The molecule has 0 spiro atoms. The number of rotatable bonds is 3. The Hall–Kier alpha value is -2.77. The first-order chi connectivity index (χ1) is 12.3. The second-order valence-electron chi connectivity index (χ2n) is 6.06. The van der Waals surface area contributed by atoms with E-state index in [2.05, 4.69) is 5.32 Å². The molecule has 2 aliphatic rings. The van der Waals surface area contributed by atoms with E-state index in [-0.39, 0.29) is 24.7 Å². The van der Waals surface area contributed by atoms with E-state index in [1.165, 1.54) is 0 Å². The Bertz CT molecular complexity index is 880. The summed E-state index contributed by atoms with van der Waals surface area (Å²) in [6.45, 7) is 2.58. The molecule has 0 aliphatic carbocycles. The van der Waals surface area contributed by atoms with Gasteiger partial charge in [-0.1, -0.05) is 0 Å². The zero-order chi connectivity index (χ0) is 19.2. The number of ether oxygens (including phenoxy) is 2. The van der Waals surface area contributed by atoms with Gasteiger partial charge < -0.3 is 14.8 Å². The highest BCUT2D eigenvalue weighted by Crippen LogP contribution is 2.44. The molecule has 0 radical (unpaired) electrons. The number of esters is 2. The standard InChI is InChI=1S/C18H16F3NO4.H2/c1-7(19)13-10(4-9(20)5-11(13)21)15-14(17(23)25-3)8(2)22-12-6-26-18(24)16(12)15;/h4-5,7,15,22H,6H2,1-3H3;1H/t7-,15-;/m1./s1. The van der Waals surface area contributed by atoms with Crippen LogP contribution in [0.2, 0.25) is 0 Å². The van der Waals surface area contributed by atoms with Crippen LogP contribution < -0.4 is 5.32 Å². The number of hydrogen-bond acceptors (Lipinski definition) is 5. The van der Waals surface area contributed by atoms with Crippen LogP contribution in [0.5, 0.6) is 0 Å². The van der Waals surface area contributed by atoms with Gasteiger partial charge in [0.15, 0.2) is 0 Å². The molecule has 26 heavy (non-hydrogen) atoms. The Labute approximate surface area is 149 Å². The highest BCUT2D eigenvalue weighted by atomic mass is 19.1. The van der Waals surface area contributed by atoms with Crippen molar-refractivity contribution in [2.45, 2.75) is 25.9 Å². The first-order valence-corrected chi connectivity index (χ1v) is 7.85. The maximum absolute atomic E-state index is 14.3. The van der Waals surface area contributed by atoms with Crippen LogP contribution >= 0.6 is 0 Å². The Balaban J connectivity index is 0.00000261. The molecule has 0 saturated carbocycles. The number of benzene rings is 1. The highest BCUT2D eigenvalue weighted by Gasteiger charge is 2.43. The number of hydrogen-bond donors (Lipinski definition) is 1. The molecule has 1 N–H and O–H groups in total. The summed E-state index contributed by atoms with van der Waals surface area (Å²) in [5.41, 5.74) is 0.123. The number of nitrogens with one attached hydrogen (secondary N) is 1. The van der Waals surface area contributed by atoms with Crippen LogP contribution in [0.15, 0.2) is 34.7 Å². The minimum atomic E-state index is -1.79. The quantitative estimate of drug-likeness (QED) is 0.829. The average Bonchev–Trinajstić information content (AvgIpc) is 2.92. The molecule has 0 amide bonds. The predicted molar refractivity (Wildman–Crippen MR) is 86.6 cm³/mol. The molecule has 3 rings (SSSR count).